The van der Waals surface area contributed by atoms with E-state index >= 15 is 0 Å². The maximum absolute atomic E-state index is 12.1. The molecule has 0 radical (unpaired) electrons. The Morgan fingerprint density at radius 3 is 2.33 bits per heavy atom. The molecule has 106 valence electrons. The number of nitrogens with one attached hydrogen (secondary N) is 2. The van der Waals surface area contributed by atoms with Crippen molar-refractivity contribution in [3.05, 3.63) is 0 Å². The van der Waals surface area contributed by atoms with Crippen molar-refractivity contribution in [2.75, 3.05) is 25.9 Å². The van der Waals surface area contributed by atoms with Crippen LogP contribution in [0, 0.1) is 5.41 Å². The summed E-state index contributed by atoms with van der Waals surface area (Å²) in [6, 6.07) is 0. The SMILES string of the molecule is CS(=O)(=O)NCCNC(=O)C1(CN)CCCCC1. The van der Waals surface area contributed by atoms with Gasteiger partial charge in [-0.25, -0.2) is 13.1 Å². The van der Waals surface area contributed by atoms with Crippen molar-refractivity contribution in [3.63, 3.8) is 0 Å². The highest BCUT2D eigenvalue weighted by Crippen LogP contribution is 2.35. The van der Waals surface area contributed by atoms with E-state index in [4.69, 9.17) is 5.73 Å². The van der Waals surface area contributed by atoms with Gasteiger partial charge in [0, 0.05) is 19.6 Å². The van der Waals surface area contributed by atoms with Crippen LogP contribution in [0.4, 0.5) is 0 Å². The fourth-order valence-corrected chi connectivity index (χ4v) is 2.83. The fraction of sp³-hybridized carbons (Fsp3) is 0.909. The van der Waals surface area contributed by atoms with Gasteiger partial charge < -0.3 is 11.1 Å². The number of sulfonamides is 1. The van der Waals surface area contributed by atoms with Gasteiger partial charge in [0.15, 0.2) is 0 Å². The molecular weight excluding hydrogens is 254 g/mol. The third-order valence-electron chi connectivity index (χ3n) is 3.46. The summed E-state index contributed by atoms with van der Waals surface area (Å²) in [5.41, 5.74) is 5.30. The van der Waals surface area contributed by atoms with Gasteiger partial charge in [-0.1, -0.05) is 19.3 Å². The van der Waals surface area contributed by atoms with E-state index in [1.54, 1.807) is 0 Å². The lowest BCUT2D eigenvalue weighted by Crippen LogP contribution is -2.48. The lowest BCUT2D eigenvalue weighted by molar-refractivity contribution is -0.132. The van der Waals surface area contributed by atoms with Crippen LogP contribution in [0.15, 0.2) is 0 Å². The van der Waals surface area contributed by atoms with Crippen molar-refractivity contribution in [2.45, 2.75) is 32.1 Å². The maximum Gasteiger partial charge on any atom is 0.227 e. The second kappa shape index (κ2) is 6.49. The summed E-state index contributed by atoms with van der Waals surface area (Å²) in [6.07, 6.45) is 5.98. The average Bonchev–Trinajstić information content (AvgIpc) is 2.34. The van der Waals surface area contributed by atoms with Crippen LogP contribution in [0.2, 0.25) is 0 Å². The minimum Gasteiger partial charge on any atom is -0.354 e. The van der Waals surface area contributed by atoms with Crippen molar-refractivity contribution < 1.29 is 13.2 Å². The van der Waals surface area contributed by atoms with Crippen molar-refractivity contribution >= 4 is 15.9 Å². The van der Waals surface area contributed by atoms with Gasteiger partial charge in [0.25, 0.3) is 0 Å². The summed E-state index contributed by atoms with van der Waals surface area (Å²) in [5.74, 6) is -0.0417. The second-order valence-electron chi connectivity index (χ2n) is 4.97. The highest BCUT2D eigenvalue weighted by atomic mass is 32.2. The van der Waals surface area contributed by atoms with Crippen LogP contribution in [-0.4, -0.2) is 40.2 Å². The Morgan fingerprint density at radius 2 is 1.83 bits per heavy atom. The van der Waals surface area contributed by atoms with E-state index in [0.717, 1.165) is 38.4 Å². The molecule has 1 saturated carbocycles. The zero-order valence-electron chi connectivity index (χ0n) is 10.9. The van der Waals surface area contributed by atoms with E-state index in [1.165, 1.54) is 0 Å². The normalized spacial score (nSPS) is 19.4. The smallest absolute Gasteiger partial charge is 0.227 e. The molecule has 0 spiro atoms. The molecule has 0 saturated heterocycles. The Balaban J connectivity index is 2.39. The van der Waals surface area contributed by atoms with E-state index in [9.17, 15) is 13.2 Å². The minimum atomic E-state index is -3.19. The zero-order valence-corrected chi connectivity index (χ0v) is 11.7. The largest absolute Gasteiger partial charge is 0.354 e. The Labute approximate surface area is 109 Å². The van der Waals surface area contributed by atoms with Crippen molar-refractivity contribution in [1.29, 1.82) is 0 Å². The predicted octanol–water partition coefficient (Wildman–Crippen LogP) is -0.439. The third-order valence-corrected chi connectivity index (χ3v) is 4.19. The molecule has 0 heterocycles. The molecule has 7 heteroatoms. The molecule has 0 unspecified atom stereocenters. The predicted molar refractivity (Wildman–Crippen MR) is 70.4 cm³/mol. The van der Waals surface area contributed by atoms with Gasteiger partial charge in [0.2, 0.25) is 15.9 Å². The highest BCUT2D eigenvalue weighted by Gasteiger charge is 2.37. The lowest BCUT2D eigenvalue weighted by atomic mass is 9.73. The Hall–Kier alpha value is -0.660. The summed E-state index contributed by atoms with van der Waals surface area (Å²) < 4.78 is 24.0. The first-order valence-electron chi connectivity index (χ1n) is 6.33. The molecule has 0 aliphatic heterocycles. The van der Waals surface area contributed by atoms with Gasteiger partial charge >= 0.3 is 0 Å². The van der Waals surface area contributed by atoms with Gasteiger partial charge in [0.05, 0.1) is 11.7 Å². The van der Waals surface area contributed by atoms with Gasteiger partial charge in [0.1, 0.15) is 0 Å². The fourth-order valence-electron chi connectivity index (χ4n) is 2.35. The molecule has 18 heavy (non-hydrogen) atoms. The molecular formula is C11H23N3O3S. The monoisotopic (exact) mass is 277 g/mol. The topological polar surface area (TPSA) is 101 Å². The summed E-state index contributed by atoms with van der Waals surface area (Å²) in [6.45, 7) is 0.872. The maximum atomic E-state index is 12.1. The molecule has 1 rings (SSSR count). The summed E-state index contributed by atoms with van der Waals surface area (Å²) in [4.78, 5) is 12.1. The molecule has 1 aliphatic carbocycles. The van der Waals surface area contributed by atoms with E-state index in [1.807, 2.05) is 0 Å². The number of carbonyl (C=O) groups is 1. The van der Waals surface area contributed by atoms with Gasteiger partial charge in [-0.15, -0.1) is 0 Å². The molecule has 1 fully saturated rings. The molecule has 1 amide bonds. The van der Waals surface area contributed by atoms with E-state index < -0.39 is 15.4 Å². The van der Waals surface area contributed by atoms with Gasteiger partial charge in [-0.05, 0) is 12.8 Å². The Kier molecular flexibility index (Phi) is 5.55. The molecule has 0 aromatic carbocycles. The molecule has 4 N–H and O–H groups in total. The van der Waals surface area contributed by atoms with E-state index in [-0.39, 0.29) is 12.5 Å². The van der Waals surface area contributed by atoms with Crippen molar-refractivity contribution in [3.8, 4) is 0 Å². The van der Waals surface area contributed by atoms with Crippen molar-refractivity contribution in [1.82, 2.24) is 10.0 Å². The van der Waals surface area contributed by atoms with Gasteiger partial charge in [-0.3, -0.25) is 4.79 Å². The summed E-state index contributed by atoms with van der Waals surface area (Å²) in [5, 5.41) is 2.77. The first-order chi connectivity index (χ1) is 8.40. The van der Waals surface area contributed by atoms with E-state index in [0.29, 0.717) is 13.1 Å². The number of rotatable bonds is 6. The number of amides is 1. The zero-order chi connectivity index (χ0) is 13.6. The molecule has 0 atom stereocenters. The average molecular weight is 277 g/mol. The Bertz CT molecular complexity index is 375. The first-order valence-corrected chi connectivity index (χ1v) is 8.22. The quantitative estimate of drug-likeness (QED) is 0.573. The standard InChI is InChI=1S/C11H23N3O3S/c1-18(16,17)14-8-7-13-10(15)11(9-12)5-3-2-4-6-11/h14H,2-9,12H2,1H3,(H,13,15). The van der Waals surface area contributed by atoms with Crippen molar-refractivity contribution in [2.24, 2.45) is 11.1 Å². The molecule has 6 nitrogen and oxygen atoms in total. The number of nitrogens with two attached hydrogens (primary N) is 1. The Morgan fingerprint density at radius 1 is 1.22 bits per heavy atom. The van der Waals surface area contributed by atoms with Crippen LogP contribution < -0.4 is 15.8 Å². The van der Waals surface area contributed by atoms with Crippen LogP contribution in [0.3, 0.4) is 0 Å². The van der Waals surface area contributed by atoms with Crippen LogP contribution in [-0.2, 0) is 14.8 Å². The minimum absolute atomic E-state index is 0.0417. The van der Waals surface area contributed by atoms with Crippen LogP contribution in [0.25, 0.3) is 0 Å². The van der Waals surface area contributed by atoms with Gasteiger partial charge in [-0.2, -0.15) is 0 Å². The number of hydrogen-bond donors (Lipinski definition) is 3. The highest BCUT2D eigenvalue weighted by molar-refractivity contribution is 7.88. The van der Waals surface area contributed by atoms with Crippen LogP contribution >= 0.6 is 0 Å². The summed E-state index contributed by atoms with van der Waals surface area (Å²) >= 11 is 0. The number of carbonyl (C=O) groups excluding carboxylic acids is 1. The van der Waals surface area contributed by atoms with Crippen LogP contribution in [0.1, 0.15) is 32.1 Å². The molecule has 0 bridgehead atoms. The summed E-state index contributed by atoms with van der Waals surface area (Å²) in [7, 11) is -3.19. The van der Waals surface area contributed by atoms with Crippen LogP contribution in [0.5, 0.6) is 0 Å². The molecule has 0 aromatic heterocycles. The first kappa shape index (κ1) is 15.4. The molecule has 1 aliphatic rings. The number of hydrogen-bond acceptors (Lipinski definition) is 4. The second-order valence-corrected chi connectivity index (χ2v) is 6.80. The lowest BCUT2D eigenvalue weighted by Gasteiger charge is -2.34. The van der Waals surface area contributed by atoms with E-state index in [2.05, 4.69) is 10.0 Å². The molecule has 0 aromatic rings. The third kappa shape index (κ3) is 4.55.